The number of nitrogens with two attached hydrogens (primary N) is 1. The molecule has 0 saturated carbocycles. The second-order valence-corrected chi connectivity index (χ2v) is 5.41. The molecule has 0 spiro atoms. The third kappa shape index (κ3) is 5.39. The van der Waals surface area contributed by atoms with Crippen molar-refractivity contribution in [2.45, 2.75) is 12.8 Å². The molecule has 0 unspecified atom stereocenters. The van der Waals surface area contributed by atoms with Gasteiger partial charge in [0.05, 0.1) is 17.9 Å². The van der Waals surface area contributed by atoms with Crippen molar-refractivity contribution in [2.24, 2.45) is 5.73 Å². The average Bonchev–Trinajstić information content (AvgIpc) is 2.56. The van der Waals surface area contributed by atoms with E-state index in [0.29, 0.717) is 29.2 Å². The van der Waals surface area contributed by atoms with Crippen molar-refractivity contribution in [3.8, 4) is 0 Å². The summed E-state index contributed by atoms with van der Waals surface area (Å²) in [5, 5.41) is 5.86. The van der Waals surface area contributed by atoms with Gasteiger partial charge in [-0.1, -0.05) is 41.9 Å². The van der Waals surface area contributed by atoms with E-state index in [0.717, 1.165) is 5.56 Å². The van der Waals surface area contributed by atoms with Gasteiger partial charge < -0.3 is 16.4 Å². The highest BCUT2D eigenvalue weighted by Crippen LogP contribution is 2.26. The highest BCUT2D eigenvalue weighted by atomic mass is 35.5. The molecule has 6 heteroatoms. The van der Waals surface area contributed by atoms with Gasteiger partial charge in [0.25, 0.3) is 0 Å². The first-order valence-electron chi connectivity index (χ1n) is 7.21. The average molecular weight is 332 g/mol. The summed E-state index contributed by atoms with van der Waals surface area (Å²) in [4.78, 5) is 23.5. The normalized spacial score (nSPS) is 10.2. The van der Waals surface area contributed by atoms with Crippen molar-refractivity contribution in [1.29, 1.82) is 0 Å². The number of halogens is 1. The van der Waals surface area contributed by atoms with Crippen LogP contribution in [-0.2, 0) is 16.0 Å². The van der Waals surface area contributed by atoms with Gasteiger partial charge in [0, 0.05) is 11.4 Å². The predicted molar refractivity (Wildman–Crippen MR) is 92.5 cm³/mol. The van der Waals surface area contributed by atoms with Crippen molar-refractivity contribution in [2.75, 3.05) is 17.2 Å². The fourth-order valence-electron chi connectivity index (χ4n) is 2.05. The van der Waals surface area contributed by atoms with Crippen LogP contribution in [0.5, 0.6) is 0 Å². The van der Waals surface area contributed by atoms with Crippen molar-refractivity contribution in [3.63, 3.8) is 0 Å². The third-order valence-electron chi connectivity index (χ3n) is 3.20. The largest absolute Gasteiger partial charge is 0.324 e. The first kappa shape index (κ1) is 17.0. The molecule has 2 aromatic carbocycles. The Kier molecular flexibility index (Phi) is 6.14. The van der Waals surface area contributed by atoms with Crippen LogP contribution in [0, 0.1) is 0 Å². The summed E-state index contributed by atoms with van der Waals surface area (Å²) < 4.78 is 0. The predicted octanol–water partition coefficient (Wildman–Crippen LogP) is 2.81. The van der Waals surface area contributed by atoms with Crippen LogP contribution in [0.4, 0.5) is 11.4 Å². The molecule has 0 aliphatic heterocycles. The summed E-state index contributed by atoms with van der Waals surface area (Å²) >= 11 is 5.93. The van der Waals surface area contributed by atoms with E-state index in [9.17, 15) is 9.59 Å². The van der Waals surface area contributed by atoms with Gasteiger partial charge in [-0.15, -0.1) is 0 Å². The number of amides is 2. The van der Waals surface area contributed by atoms with E-state index in [4.69, 9.17) is 17.3 Å². The zero-order valence-corrected chi connectivity index (χ0v) is 13.3. The van der Waals surface area contributed by atoms with Gasteiger partial charge in [0.2, 0.25) is 11.8 Å². The summed E-state index contributed by atoms with van der Waals surface area (Å²) in [6.07, 6.45) is 0.988. The van der Waals surface area contributed by atoms with Crippen LogP contribution < -0.4 is 16.4 Å². The SMILES string of the molecule is NCC(=O)Nc1cc(Cl)ccc1NC(=O)CCc1ccccc1. The molecule has 5 nitrogen and oxygen atoms in total. The topological polar surface area (TPSA) is 84.2 Å². The third-order valence-corrected chi connectivity index (χ3v) is 3.43. The molecule has 2 aromatic rings. The van der Waals surface area contributed by atoms with E-state index in [2.05, 4.69) is 10.6 Å². The first-order chi connectivity index (χ1) is 11.1. The molecule has 0 heterocycles. The number of rotatable bonds is 6. The van der Waals surface area contributed by atoms with E-state index >= 15 is 0 Å². The maximum absolute atomic E-state index is 12.1. The molecule has 120 valence electrons. The summed E-state index contributed by atoms with van der Waals surface area (Å²) in [5.41, 5.74) is 7.31. The zero-order valence-electron chi connectivity index (χ0n) is 12.5. The highest BCUT2D eigenvalue weighted by molar-refractivity contribution is 6.31. The smallest absolute Gasteiger partial charge is 0.238 e. The second-order valence-electron chi connectivity index (χ2n) is 4.98. The molecule has 0 atom stereocenters. The molecule has 0 radical (unpaired) electrons. The molecule has 0 aliphatic rings. The minimum atomic E-state index is -0.355. The van der Waals surface area contributed by atoms with Gasteiger partial charge >= 0.3 is 0 Å². The lowest BCUT2D eigenvalue weighted by Crippen LogP contribution is -2.23. The number of carbonyl (C=O) groups excluding carboxylic acids is 2. The molecule has 2 amide bonds. The Morgan fingerprint density at radius 2 is 1.65 bits per heavy atom. The molecular formula is C17H18ClN3O2. The van der Waals surface area contributed by atoms with E-state index in [1.165, 1.54) is 0 Å². The monoisotopic (exact) mass is 331 g/mol. The Morgan fingerprint density at radius 3 is 2.35 bits per heavy atom. The van der Waals surface area contributed by atoms with Gasteiger partial charge in [0.15, 0.2) is 0 Å². The lowest BCUT2D eigenvalue weighted by molar-refractivity contribution is -0.116. The Balaban J connectivity index is 2.01. The number of hydrogen-bond donors (Lipinski definition) is 3. The molecule has 0 saturated heterocycles. The van der Waals surface area contributed by atoms with Gasteiger partial charge in [0.1, 0.15) is 0 Å². The Morgan fingerprint density at radius 1 is 0.957 bits per heavy atom. The van der Waals surface area contributed by atoms with Crippen LogP contribution in [0.15, 0.2) is 48.5 Å². The number of aryl methyl sites for hydroxylation is 1. The first-order valence-corrected chi connectivity index (χ1v) is 7.59. The Bertz CT molecular complexity index is 689. The van der Waals surface area contributed by atoms with Crippen LogP contribution in [0.1, 0.15) is 12.0 Å². The lowest BCUT2D eigenvalue weighted by Gasteiger charge is -2.12. The van der Waals surface area contributed by atoms with Gasteiger partial charge in [-0.2, -0.15) is 0 Å². The number of carbonyl (C=O) groups is 2. The van der Waals surface area contributed by atoms with E-state index in [-0.39, 0.29) is 18.4 Å². The van der Waals surface area contributed by atoms with Crippen molar-refractivity contribution >= 4 is 34.8 Å². The zero-order chi connectivity index (χ0) is 16.7. The van der Waals surface area contributed by atoms with Crippen LogP contribution >= 0.6 is 11.6 Å². The van der Waals surface area contributed by atoms with Crippen LogP contribution in [0.25, 0.3) is 0 Å². The van der Waals surface area contributed by atoms with E-state index < -0.39 is 0 Å². The summed E-state index contributed by atoms with van der Waals surface area (Å²) in [6.45, 7) is -0.145. The summed E-state index contributed by atoms with van der Waals surface area (Å²) in [5.74, 6) is -0.494. The van der Waals surface area contributed by atoms with Crippen molar-refractivity contribution < 1.29 is 9.59 Å². The number of benzene rings is 2. The minimum absolute atomic E-state index is 0.139. The standard InChI is InChI=1S/C17H18ClN3O2/c18-13-7-8-14(15(10-13)21-17(23)11-19)20-16(22)9-6-12-4-2-1-3-5-12/h1-5,7-8,10H,6,9,11,19H2,(H,20,22)(H,21,23). The molecule has 0 bridgehead atoms. The van der Waals surface area contributed by atoms with Gasteiger partial charge in [-0.05, 0) is 30.2 Å². The second kappa shape index (κ2) is 8.31. The lowest BCUT2D eigenvalue weighted by atomic mass is 10.1. The number of hydrogen-bond acceptors (Lipinski definition) is 3. The van der Waals surface area contributed by atoms with E-state index in [1.807, 2.05) is 30.3 Å². The minimum Gasteiger partial charge on any atom is -0.324 e. The molecule has 0 aromatic heterocycles. The summed E-state index contributed by atoms with van der Waals surface area (Å²) in [7, 11) is 0. The molecule has 2 rings (SSSR count). The molecular weight excluding hydrogens is 314 g/mol. The fraction of sp³-hybridized carbons (Fsp3) is 0.176. The quantitative estimate of drug-likeness (QED) is 0.761. The number of anilines is 2. The molecule has 0 fully saturated rings. The van der Waals surface area contributed by atoms with Gasteiger partial charge in [-0.25, -0.2) is 0 Å². The Labute approximate surface area is 139 Å². The highest BCUT2D eigenvalue weighted by Gasteiger charge is 2.10. The molecule has 23 heavy (non-hydrogen) atoms. The van der Waals surface area contributed by atoms with Crippen LogP contribution in [0.2, 0.25) is 5.02 Å². The maximum atomic E-state index is 12.1. The molecule has 4 N–H and O–H groups in total. The van der Waals surface area contributed by atoms with Crippen LogP contribution in [-0.4, -0.2) is 18.4 Å². The maximum Gasteiger partial charge on any atom is 0.238 e. The van der Waals surface area contributed by atoms with Gasteiger partial charge in [-0.3, -0.25) is 9.59 Å². The van der Waals surface area contributed by atoms with Crippen LogP contribution in [0.3, 0.4) is 0 Å². The van der Waals surface area contributed by atoms with Crippen molar-refractivity contribution in [1.82, 2.24) is 0 Å². The van der Waals surface area contributed by atoms with Crippen molar-refractivity contribution in [3.05, 3.63) is 59.1 Å². The number of nitrogens with one attached hydrogen (secondary N) is 2. The van der Waals surface area contributed by atoms with E-state index in [1.54, 1.807) is 18.2 Å². The molecule has 0 aliphatic carbocycles. The Hall–Kier alpha value is -2.37. The fourth-order valence-corrected chi connectivity index (χ4v) is 2.22. The summed E-state index contributed by atoms with van der Waals surface area (Å²) in [6, 6.07) is 14.6.